The van der Waals surface area contributed by atoms with E-state index < -0.39 is 11.6 Å². The van der Waals surface area contributed by atoms with Gasteiger partial charge in [0, 0.05) is 6.54 Å². The Morgan fingerprint density at radius 1 is 1.18 bits per heavy atom. The summed E-state index contributed by atoms with van der Waals surface area (Å²) in [6, 6.07) is 13.4. The lowest BCUT2D eigenvalue weighted by Gasteiger charge is -2.05. The van der Waals surface area contributed by atoms with Gasteiger partial charge in [0.2, 0.25) is 0 Å². The Labute approximate surface area is 125 Å². The van der Waals surface area contributed by atoms with E-state index in [2.05, 4.69) is 5.32 Å². The zero-order valence-electron chi connectivity index (χ0n) is 11.9. The lowest BCUT2D eigenvalue weighted by molar-refractivity contribution is 0.213. The summed E-state index contributed by atoms with van der Waals surface area (Å²) in [6.07, 6.45) is 0. The molecule has 3 aromatic rings. The number of para-hydroxylation sites is 1. The summed E-state index contributed by atoms with van der Waals surface area (Å²) in [6.45, 7) is 0.284. The number of ether oxygens (including phenoxy) is 1. The van der Waals surface area contributed by atoms with Crippen molar-refractivity contribution in [3.05, 3.63) is 64.4 Å². The second-order valence-electron chi connectivity index (χ2n) is 4.69. The van der Waals surface area contributed by atoms with E-state index in [4.69, 9.17) is 9.26 Å². The Hall–Kier alpha value is -3.02. The quantitative estimate of drug-likeness (QED) is 0.805. The van der Waals surface area contributed by atoms with Crippen LogP contribution >= 0.6 is 0 Å². The first-order valence-corrected chi connectivity index (χ1v) is 6.71. The fourth-order valence-electron chi connectivity index (χ4n) is 2.10. The molecule has 0 saturated heterocycles. The highest BCUT2D eigenvalue weighted by Crippen LogP contribution is 2.11. The molecule has 6 nitrogen and oxygen atoms in total. The Bertz CT molecular complexity index is 862. The van der Waals surface area contributed by atoms with E-state index in [-0.39, 0.29) is 6.54 Å². The van der Waals surface area contributed by atoms with Gasteiger partial charge in [0.05, 0.1) is 12.5 Å². The van der Waals surface area contributed by atoms with Crippen molar-refractivity contribution in [2.75, 3.05) is 7.11 Å². The van der Waals surface area contributed by atoms with Gasteiger partial charge >= 0.3 is 6.03 Å². The molecule has 0 aliphatic heterocycles. The van der Waals surface area contributed by atoms with Crippen LogP contribution in [0.25, 0.3) is 11.0 Å². The number of nitrogens with one attached hydrogen (secondary N) is 1. The molecule has 1 N–H and O–H groups in total. The zero-order valence-corrected chi connectivity index (χ0v) is 11.9. The number of fused-ring (bicyclic) bond motifs is 1. The van der Waals surface area contributed by atoms with Crippen molar-refractivity contribution in [2.45, 2.75) is 6.54 Å². The molecule has 2 aromatic carbocycles. The number of rotatable bonds is 3. The second kappa shape index (κ2) is 5.77. The third-order valence-electron chi connectivity index (χ3n) is 3.28. The van der Waals surface area contributed by atoms with Gasteiger partial charge in [-0.15, -0.1) is 0 Å². The van der Waals surface area contributed by atoms with Crippen molar-refractivity contribution < 1.29 is 14.1 Å². The molecular weight excluding hydrogens is 284 g/mol. The highest BCUT2D eigenvalue weighted by atomic mass is 16.5. The van der Waals surface area contributed by atoms with Crippen molar-refractivity contribution in [1.29, 1.82) is 0 Å². The molecule has 1 amide bonds. The van der Waals surface area contributed by atoms with Crippen molar-refractivity contribution >= 4 is 17.0 Å². The topological polar surface area (TPSA) is 73.5 Å². The van der Waals surface area contributed by atoms with Crippen LogP contribution in [0.3, 0.4) is 0 Å². The third-order valence-corrected chi connectivity index (χ3v) is 3.28. The molecule has 0 spiro atoms. The minimum atomic E-state index is -0.600. The van der Waals surface area contributed by atoms with Gasteiger partial charge in [-0.2, -0.15) is 0 Å². The average molecular weight is 298 g/mol. The van der Waals surface area contributed by atoms with Gasteiger partial charge in [-0.1, -0.05) is 29.0 Å². The monoisotopic (exact) mass is 298 g/mol. The number of amides is 1. The van der Waals surface area contributed by atoms with Gasteiger partial charge in [0.25, 0.3) is 5.56 Å². The van der Waals surface area contributed by atoms with Gasteiger partial charge in [0.15, 0.2) is 5.58 Å². The van der Waals surface area contributed by atoms with Crippen molar-refractivity contribution in [3.63, 3.8) is 0 Å². The summed E-state index contributed by atoms with van der Waals surface area (Å²) in [5.74, 6) is 0.739. The minimum absolute atomic E-state index is 0.284. The molecule has 0 radical (unpaired) electrons. The average Bonchev–Trinajstić information content (AvgIpc) is 2.90. The molecule has 1 aromatic heterocycles. The number of hydrogen-bond donors (Lipinski definition) is 1. The molecular formula is C16H14N2O4. The van der Waals surface area contributed by atoms with Gasteiger partial charge in [-0.25, -0.2) is 4.79 Å². The van der Waals surface area contributed by atoms with Crippen LogP contribution in [0.2, 0.25) is 0 Å². The molecule has 0 unspecified atom stereocenters. The summed E-state index contributed by atoms with van der Waals surface area (Å²) in [5, 5.41) is 3.02. The Morgan fingerprint density at radius 3 is 2.59 bits per heavy atom. The van der Waals surface area contributed by atoms with E-state index in [0.717, 1.165) is 16.1 Å². The van der Waals surface area contributed by atoms with E-state index in [9.17, 15) is 9.59 Å². The van der Waals surface area contributed by atoms with E-state index >= 15 is 0 Å². The first-order valence-electron chi connectivity index (χ1n) is 6.71. The van der Waals surface area contributed by atoms with Crippen LogP contribution in [0.4, 0.5) is 4.79 Å². The molecule has 0 aliphatic carbocycles. The fourth-order valence-corrected chi connectivity index (χ4v) is 2.10. The number of nitrogens with zero attached hydrogens (tertiary/aromatic N) is 1. The lowest BCUT2D eigenvalue weighted by atomic mass is 10.2. The van der Waals surface area contributed by atoms with Gasteiger partial charge in [-0.05, 0) is 29.8 Å². The van der Waals surface area contributed by atoms with E-state index in [1.807, 2.05) is 12.1 Å². The zero-order chi connectivity index (χ0) is 15.5. The molecule has 1 heterocycles. The van der Waals surface area contributed by atoms with Crippen LogP contribution in [-0.2, 0) is 6.54 Å². The first-order chi connectivity index (χ1) is 10.7. The van der Waals surface area contributed by atoms with Crippen molar-refractivity contribution in [2.24, 2.45) is 0 Å². The maximum Gasteiger partial charge on any atom is 0.358 e. The normalized spacial score (nSPS) is 10.6. The van der Waals surface area contributed by atoms with Crippen molar-refractivity contribution in [3.8, 4) is 5.75 Å². The second-order valence-corrected chi connectivity index (χ2v) is 4.69. The smallest absolute Gasteiger partial charge is 0.358 e. The molecule has 3 rings (SSSR count). The summed E-state index contributed by atoms with van der Waals surface area (Å²) in [4.78, 5) is 24.1. The van der Waals surface area contributed by atoms with E-state index in [1.165, 1.54) is 0 Å². The maximum atomic E-state index is 12.1. The Balaban J connectivity index is 1.75. The summed E-state index contributed by atoms with van der Waals surface area (Å²) >= 11 is 0. The van der Waals surface area contributed by atoms with Crippen LogP contribution in [0.5, 0.6) is 5.75 Å². The Kier molecular flexibility index (Phi) is 3.65. The number of carbonyl (C=O) groups is 1. The molecule has 0 bridgehead atoms. The fraction of sp³-hybridized carbons (Fsp3) is 0.125. The largest absolute Gasteiger partial charge is 0.497 e. The van der Waals surface area contributed by atoms with E-state index in [0.29, 0.717) is 11.0 Å². The van der Waals surface area contributed by atoms with Crippen LogP contribution in [-0.4, -0.2) is 17.9 Å². The molecule has 6 heteroatoms. The predicted molar refractivity (Wildman–Crippen MR) is 81.1 cm³/mol. The molecule has 0 aliphatic rings. The number of aromatic nitrogens is 1. The number of hydrogen-bond acceptors (Lipinski definition) is 4. The first kappa shape index (κ1) is 13.9. The molecule has 0 fully saturated rings. The highest BCUT2D eigenvalue weighted by Gasteiger charge is 2.14. The van der Waals surface area contributed by atoms with Gasteiger partial charge in [0.1, 0.15) is 5.75 Å². The molecule has 112 valence electrons. The summed E-state index contributed by atoms with van der Waals surface area (Å²) in [5.41, 5.74) is 0.799. The summed E-state index contributed by atoms with van der Waals surface area (Å²) < 4.78 is 11.1. The number of benzene rings is 2. The predicted octanol–water partition coefficient (Wildman–Crippen LogP) is 2.36. The highest BCUT2D eigenvalue weighted by molar-refractivity contribution is 5.82. The van der Waals surface area contributed by atoms with Gasteiger partial charge < -0.3 is 14.6 Å². The number of carbonyl (C=O) groups excluding carboxylic acids is 1. The molecule has 0 saturated carbocycles. The minimum Gasteiger partial charge on any atom is -0.497 e. The van der Waals surface area contributed by atoms with Crippen LogP contribution < -0.4 is 15.6 Å². The Morgan fingerprint density at radius 2 is 1.91 bits per heavy atom. The van der Waals surface area contributed by atoms with Crippen LogP contribution in [0.15, 0.2) is 57.8 Å². The third kappa shape index (κ3) is 2.58. The molecule has 22 heavy (non-hydrogen) atoms. The maximum absolute atomic E-state index is 12.1. The lowest BCUT2D eigenvalue weighted by Crippen LogP contribution is -2.33. The SMILES string of the molecule is COc1ccc(CNC(=O)n2oc3ccccc3c2=O)cc1. The molecule has 0 atom stereocenters. The standard InChI is InChI=1S/C16H14N2O4/c1-21-12-8-6-11(7-9-12)10-17-16(20)18-15(19)13-4-2-3-5-14(13)22-18/h2-9H,10H2,1H3,(H,17,20). The van der Waals surface area contributed by atoms with E-state index in [1.54, 1.807) is 43.5 Å². The van der Waals surface area contributed by atoms with Crippen LogP contribution in [0, 0.1) is 0 Å². The summed E-state index contributed by atoms with van der Waals surface area (Å²) in [7, 11) is 1.59. The van der Waals surface area contributed by atoms with Crippen molar-refractivity contribution in [1.82, 2.24) is 10.1 Å². The number of methoxy groups -OCH3 is 1. The van der Waals surface area contributed by atoms with Crippen LogP contribution in [0.1, 0.15) is 5.56 Å². The van der Waals surface area contributed by atoms with Gasteiger partial charge in [-0.3, -0.25) is 4.79 Å².